The van der Waals surface area contributed by atoms with Crippen molar-refractivity contribution in [1.29, 1.82) is 0 Å². The molecule has 0 saturated carbocycles. The highest BCUT2D eigenvalue weighted by molar-refractivity contribution is 5.82. The third-order valence-electron chi connectivity index (χ3n) is 8.62. The molecule has 0 aromatic heterocycles. The molecule has 7 rings (SSSR count). The summed E-state index contributed by atoms with van der Waals surface area (Å²) in [7, 11) is 0. The van der Waals surface area contributed by atoms with Crippen molar-refractivity contribution in [3.8, 4) is 0 Å². The monoisotopic (exact) mass is 508 g/mol. The summed E-state index contributed by atoms with van der Waals surface area (Å²) in [4.78, 5) is 28.2. The first-order chi connectivity index (χ1) is 18.2. The van der Waals surface area contributed by atoms with Crippen LogP contribution in [0.1, 0.15) is 30.4 Å². The molecule has 0 radical (unpaired) electrons. The number of anilines is 1. The lowest BCUT2D eigenvalue weighted by Gasteiger charge is -2.50. The van der Waals surface area contributed by atoms with E-state index in [4.69, 9.17) is 4.74 Å². The minimum Gasteiger partial charge on any atom is -0.365 e. The second kappa shape index (κ2) is 9.64. The Labute approximate surface area is 216 Å². The minimum absolute atomic E-state index is 0.0184. The van der Waals surface area contributed by atoms with Gasteiger partial charge < -0.3 is 20.3 Å². The summed E-state index contributed by atoms with van der Waals surface area (Å²) < 4.78 is 5.90. The van der Waals surface area contributed by atoms with Crippen molar-refractivity contribution in [3.05, 3.63) is 41.5 Å². The van der Waals surface area contributed by atoms with E-state index in [0.29, 0.717) is 19.6 Å². The number of fused-ring (bicyclic) bond motifs is 6. The summed E-state index contributed by atoms with van der Waals surface area (Å²) in [5, 5.41) is 22.0. The number of carbonyl (C=O) groups excluding carboxylic acids is 2. The lowest BCUT2D eigenvalue weighted by atomic mass is 9.99. The molecule has 1 aromatic carbocycles. The molecular weight excluding hydrogens is 472 g/mol. The molecule has 0 aliphatic carbocycles. The molecular formula is C26H36N8O3. The average molecular weight is 509 g/mol. The van der Waals surface area contributed by atoms with Crippen LogP contribution in [0.3, 0.4) is 0 Å². The van der Waals surface area contributed by atoms with Gasteiger partial charge in [-0.1, -0.05) is 18.2 Å². The zero-order valence-corrected chi connectivity index (χ0v) is 21.0. The number of morpholine rings is 1. The number of amides is 2. The quantitative estimate of drug-likeness (QED) is 0.336. The predicted molar refractivity (Wildman–Crippen MR) is 136 cm³/mol. The number of hydrazine groups is 1. The van der Waals surface area contributed by atoms with Gasteiger partial charge in [-0.3, -0.25) is 30.5 Å². The molecule has 0 spiro atoms. The molecule has 4 fully saturated rings. The Kier molecular flexibility index (Phi) is 6.14. The molecule has 1 aromatic rings. The molecule has 11 nitrogen and oxygen atoms in total. The largest absolute Gasteiger partial charge is 0.365 e. The Bertz CT molecular complexity index is 1100. The van der Waals surface area contributed by atoms with Crippen molar-refractivity contribution in [2.45, 2.75) is 63.1 Å². The topological polar surface area (TPSA) is 113 Å². The van der Waals surface area contributed by atoms with Crippen LogP contribution in [0, 0.1) is 5.92 Å². The first-order valence-corrected chi connectivity index (χ1v) is 13.7. The fourth-order valence-corrected chi connectivity index (χ4v) is 6.74. The number of nitrogens with zero attached hydrogens (tertiary/aromatic N) is 3. The van der Waals surface area contributed by atoms with Crippen molar-refractivity contribution < 1.29 is 14.3 Å². The summed E-state index contributed by atoms with van der Waals surface area (Å²) in [5.41, 5.74) is 3.80. The van der Waals surface area contributed by atoms with E-state index < -0.39 is 0 Å². The van der Waals surface area contributed by atoms with Gasteiger partial charge in [0.1, 0.15) is 19.1 Å². The minimum atomic E-state index is -0.193. The van der Waals surface area contributed by atoms with Crippen LogP contribution in [0.4, 0.5) is 5.69 Å². The van der Waals surface area contributed by atoms with Crippen molar-refractivity contribution in [1.82, 2.24) is 36.2 Å². The molecule has 6 aliphatic rings. The number of hydrogen-bond donors (Lipinski definition) is 5. The summed E-state index contributed by atoms with van der Waals surface area (Å²) >= 11 is 0. The Morgan fingerprint density at radius 2 is 2.00 bits per heavy atom. The van der Waals surface area contributed by atoms with Crippen molar-refractivity contribution >= 4 is 17.5 Å². The number of rotatable bonds is 2. The van der Waals surface area contributed by atoms with Crippen LogP contribution in [0.5, 0.6) is 0 Å². The zero-order chi connectivity index (χ0) is 24.9. The van der Waals surface area contributed by atoms with E-state index in [1.54, 1.807) is 0 Å². The molecule has 11 heteroatoms. The maximum absolute atomic E-state index is 13.6. The van der Waals surface area contributed by atoms with E-state index in [2.05, 4.69) is 61.9 Å². The number of ether oxygens (including phenoxy) is 1. The van der Waals surface area contributed by atoms with Crippen molar-refractivity contribution in [2.75, 3.05) is 38.1 Å². The summed E-state index contributed by atoms with van der Waals surface area (Å²) in [5.74, 6) is -0.0373. The molecule has 6 aliphatic heterocycles. The van der Waals surface area contributed by atoms with Gasteiger partial charge in [-0.15, -0.1) is 0 Å². The number of piperidine rings is 1. The van der Waals surface area contributed by atoms with Crippen LogP contribution >= 0.6 is 0 Å². The van der Waals surface area contributed by atoms with E-state index in [1.807, 2.05) is 9.91 Å². The van der Waals surface area contributed by atoms with E-state index in [-0.39, 0.29) is 55.2 Å². The van der Waals surface area contributed by atoms with Crippen LogP contribution in [0.25, 0.3) is 0 Å². The fraction of sp³-hybridized carbons (Fsp3) is 0.615. The van der Waals surface area contributed by atoms with Gasteiger partial charge >= 0.3 is 0 Å². The first kappa shape index (κ1) is 23.6. The summed E-state index contributed by atoms with van der Waals surface area (Å²) in [6, 6.07) is 6.58. The third kappa shape index (κ3) is 4.23. The van der Waals surface area contributed by atoms with Gasteiger partial charge in [-0.2, -0.15) is 5.01 Å². The second-order valence-corrected chi connectivity index (χ2v) is 10.8. The normalized spacial score (nSPS) is 36.8. The maximum Gasteiger partial charge on any atom is 0.249 e. The Hall–Kier alpha value is -2.54. The zero-order valence-electron chi connectivity index (χ0n) is 21.0. The first-order valence-electron chi connectivity index (χ1n) is 13.7. The molecule has 6 atom stereocenters. The highest BCUT2D eigenvalue weighted by Gasteiger charge is 2.53. The smallest absolute Gasteiger partial charge is 0.249 e. The second-order valence-electron chi connectivity index (χ2n) is 10.8. The van der Waals surface area contributed by atoms with E-state index in [9.17, 15) is 9.59 Å². The number of nitrogens with one attached hydrogen (secondary N) is 5. The van der Waals surface area contributed by atoms with Crippen LogP contribution in [-0.4, -0.2) is 90.4 Å². The van der Waals surface area contributed by atoms with Crippen molar-refractivity contribution in [2.24, 2.45) is 5.92 Å². The van der Waals surface area contributed by atoms with E-state index >= 15 is 0 Å². The summed E-state index contributed by atoms with van der Waals surface area (Å²) in [6.07, 6.45) is 7.03. The molecule has 2 amide bonds. The SMILES string of the molecule is O=C1COC2CCC3NC2N1CC/C=C/CN1C(=O)C2CNC(Nc4ccc5c(c4)CNCC5)NC2N31. The Morgan fingerprint density at radius 1 is 1.05 bits per heavy atom. The van der Waals surface area contributed by atoms with Gasteiger partial charge in [0.25, 0.3) is 0 Å². The molecule has 198 valence electrons. The van der Waals surface area contributed by atoms with Crippen molar-refractivity contribution in [3.63, 3.8) is 0 Å². The van der Waals surface area contributed by atoms with Crippen LogP contribution in [0.2, 0.25) is 0 Å². The van der Waals surface area contributed by atoms with Gasteiger partial charge in [0, 0.05) is 25.3 Å². The third-order valence-corrected chi connectivity index (χ3v) is 8.62. The maximum atomic E-state index is 13.6. The Morgan fingerprint density at radius 3 is 2.95 bits per heavy atom. The number of hydrogen-bond acceptors (Lipinski definition) is 9. The standard InChI is InChI=1S/C26H36N8O3/c35-22-15-37-20-6-7-21-30-24(20)32(22)10-2-1-3-11-33-25(36)19-14-28-26(31-23(19)34(21)33)29-18-5-4-16-8-9-27-13-17(16)12-18/h1,3-5,12,19-21,23-24,26-31H,2,6-11,13-15H2/b3-1+. The molecule has 37 heavy (non-hydrogen) atoms. The van der Waals surface area contributed by atoms with E-state index in [1.165, 1.54) is 11.1 Å². The predicted octanol–water partition coefficient (Wildman–Crippen LogP) is -0.555. The van der Waals surface area contributed by atoms with Gasteiger partial charge in [0.2, 0.25) is 11.8 Å². The Balaban J connectivity index is 1.13. The summed E-state index contributed by atoms with van der Waals surface area (Å²) in [6.45, 7) is 3.84. The lowest BCUT2D eigenvalue weighted by molar-refractivity contribution is -0.175. The highest BCUT2D eigenvalue weighted by atomic mass is 16.5. The molecule has 5 N–H and O–H groups in total. The molecule has 2 bridgehead atoms. The number of benzene rings is 1. The fourth-order valence-electron chi connectivity index (χ4n) is 6.74. The van der Waals surface area contributed by atoms with Gasteiger partial charge in [0.15, 0.2) is 0 Å². The molecule has 6 unspecified atom stereocenters. The average Bonchev–Trinajstić information content (AvgIpc) is 3.18. The lowest BCUT2D eigenvalue weighted by Crippen LogP contribution is -2.72. The van der Waals surface area contributed by atoms with Crippen LogP contribution in [0.15, 0.2) is 30.4 Å². The van der Waals surface area contributed by atoms with Gasteiger partial charge in [0.05, 0.1) is 30.9 Å². The number of carbonyl (C=O) groups is 2. The van der Waals surface area contributed by atoms with Gasteiger partial charge in [-0.05, 0) is 55.5 Å². The van der Waals surface area contributed by atoms with Crippen LogP contribution < -0.4 is 26.6 Å². The van der Waals surface area contributed by atoms with E-state index in [0.717, 1.165) is 44.5 Å². The molecule has 6 heterocycles. The van der Waals surface area contributed by atoms with Gasteiger partial charge in [-0.25, -0.2) is 0 Å². The van der Waals surface area contributed by atoms with Crippen LogP contribution in [-0.2, 0) is 27.3 Å². The molecule has 4 saturated heterocycles. The highest BCUT2D eigenvalue weighted by Crippen LogP contribution is 2.33.